The van der Waals surface area contributed by atoms with Crippen molar-refractivity contribution in [2.75, 3.05) is 18.1 Å². The van der Waals surface area contributed by atoms with E-state index >= 15 is 0 Å². The number of anilines is 2. The molecule has 0 radical (unpaired) electrons. The molecule has 0 aliphatic carbocycles. The van der Waals surface area contributed by atoms with Crippen molar-refractivity contribution < 1.29 is 35.9 Å². The largest absolute Gasteiger partial charge is 0.416 e. The zero-order valence-corrected chi connectivity index (χ0v) is 26.6. The van der Waals surface area contributed by atoms with Crippen molar-refractivity contribution in [3.8, 4) is 0 Å². The van der Waals surface area contributed by atoms with Crippen LogP contribution in [-0.2, 0) is 25.4 Å². The third-order valence-corrected chi connectivity index (χ3v) is 7.35. The number of rotatable bonds is 7. The third-order valence-electron chi connectivity index (χ3n) is 7.35. The van der Waals surface area contributed by atoms with E-state index in [1.54, 1.807) is 55.8 Å². The second-order valence-electron chi connectivity index (χ2n) is 10.9. The van der Waals surface area contributed by atoms with Gasteiger partial charge in [0.25, 0.3) is 11.8 Å². The van der Waals surface area contributed by atoms with E-state index in [1.165, 1.54) is 24.3 Å². The Morgan fingerprint density at radius 3 is 1.61 bits per heavy atom. The molecule has 51 heavy (non-hydrogen) atoms. The second kappa shape index (κ2) is 15.1. The van der Waals surface area contributed by atoms with Crippen LogP contribution in [0.5, 0.6) is 0 Å². The van der Waals surface area contributed by atoms with Gasteiger partial charge in [-0.05, 0) is 71.8 Å². The summed E-state index contributed by atoms with van der Waals surface area (Å²) in [5, 5.41) is 9.34. The Morgan fingerprint density at radius 2 is 1.12 bits per heavy atom. The monoisotopic (exact) mass is 706 g/mol. The first-order chi connectivity index (χ1) is 24.2. The quantitative estimate of drug-likeness (QED) is 0.133. The number of pyridine rings is 4. The molecule has 6 rings (SSSR count). The van der Waals surface area contributed by atoms with Gasteiger partial charge in [0.2, 0.25) is 0 Å². The fourth-order valence-corrected chi connectivity index (χ4v) is 4.84. The van der Waals surface area contributed by atoms with Gasteiger partial charge >= 0.3 is 12.4 Å². The molecule has 0 unspecified atom stereocenters. The number of nitrogens with one attached hydrogen (secondary N) is 3. The van der Waals surface area contributed by atoms with Gasteiger partial charge in [0.05, 0.1) is 22.3 Å². The Balaban J connectivity index is 0.000000198. The molecule has 4 aromatic heterocycles. The van der Waals surface area contributed by atoms with Crippen LogP contribution in [0.2, 0.25) is 0 Å². The van der Waals surface area contributed by atoms with Gasteiger partial charge in [-0.3, -0.25) is 9.59 Å². The van der Waals surface area contributed by atoms with Crippen molar-refractivity contribution >= 4 is 45.5 Å². The molecule has 0 saturated heterocycles. The van der Waals surface area contributed by atoms with E-state index in [-0.39, 0.29) is 24.5 Å². The lowest BCUT2D eigenvalue weighted by Crippen LogP contribution is -2.24. The lowest BCUT2D eigenvalue weighted by molar-refractivity contribution is -0.138. The molecule has 0 spiro atoms. The van der Waals surface area contributed by atoms with Crippen molar-refractivity contribution in [1.29, 1.82) is 0 Å². The number of benzene rings is 2. The number of nitrogens with two attached hydrogens (primary N) is 1. The number of nitrogen functional groups attached to an aromatic ring is 1. The molecular formula is C35H28F6N8O2. The SMILES string of the molecule is CNc1nc2ncccc2cc1C(=O)NCc1cccc(C(F)(F)F)c1.Nc1nc2ncccc2cc1C(=O)NCc1cccc(C(F)(F)F)c1. The van der Waals surface area contributed by atoms with Gasteiger partial charge in [-0.2, -0.15) is 26.3 Å². The Bertz CT molecular complexity index is 2210. The standard InChI is InChI=1S/C18H15F3N4O.C17H13F3N4O/c1-22-16-14(9-12-5-3-7-23-15(12)25-16)17(26)24-10-11-4-2-6-13(8-11)18(19,20)21;18-17(19,20)12-5-1-3-10(7-12)9-23-16(25)13-8-11-4-2-6-22-15(11)24-14(13)21/h2-9H,10H2,1H3,(H,24,26)(H,22,23,25);1-8H,9H2,(H,23,25)(H2,21,22,24). The lowest BCUT2D eigenvalue weighted by Gasteiger charge is -2.12. The van der Waals surface area contributed by atoms with Crippen LogP contribution in [0.4, 0.5) is 38.0 Å². The molecular weight excluding hydrogens is 678 g/mol. The summed E-state index contributed by atoms with van der Waals surface area (Å²) in [7, 11) is 1.63. The normalized spacial score (nSPS) is 11.4. The van der Waals surface area contributed by atoms with Crippen molar-refractivity contribution in [3.63, 3.8) is 0 Å². The van der Waals surface area contributed by atoms with Gasteiger partial charge in [-0.15, -0.1) is 0 Å². The topological polar surface area (TPSA) is 148 Å². The summed E-state index contributed by atoms with van der Waals surface area (Å²) in [6.07, 6.45) is -5.70. The van der Waals surface area contributed by atoms with Crippen LogP contribution in [0.3, 0.4) is 0 Å². The molecule has 0 saturated carbocycles. The van der Waals surface area contributed by atoms with Gasteiger partial charge in [0, 0.05) is 43.3 Å². The molecule has 6 aromatic rings. The number of fused-ring (bicyclic) bond motifs is 2. The molecule has 0 fully saturated rings. The Hall–Kier alpha value is -6.32. The zero-order valence-electron chi connectivity index (χ0n) is 26.6. The summed E-state index contributed by atoms with van der Waals surface area (Å²) < 4.78 is 76.5. The molecule has 16 heteroatoms. The molecule has 2 amide bonds. The van der Waals surface area contributed by atoms with Crippen LogP contribution in [-0.4, -0.2) is 38.8 Å². The van der Waals surface area contributed by atoms with Gasteiger partial charge in [-0.1, -0.05) is 24.3 Å². The molecule has 0 bridgehead atoms. The second-order valence-corrected chi connectivity index (χ2v) is 10.9. The number of hydrogen-bond donors (Lipinski definition) is 4. The Morgan fingerprint density at radius 1 is 0.647 bits per heavy atom. The van der Waals surface area contributed by atoms with E-state index in [4.69, 9.17) is 5.73 Å². The number of carbonyl (C=O) groups excluding carboxylic acids is 2. The van der Waals surface area contributed by atoms with Gasteiger partial charge in [0.15, 0.2) is 11.3 Å². The van der Waals surface area contributed by atoms with Crippen LogP contribution < -0.4 is 21.7 Å². The minimum Gasteiger partial charge on any atom is -0.383 e. The van der Waals surface area contributed by atoms with Gasteiger partial charge < -0.3 is 21.7 Å². The number of alkyl halides is 6. The van der Waals surface area contributed by atoms with Gasteiger partial charge in [0.1, 0.15) is 11.6 Å². The van der Waals surface area contributed by atoms with E-state index in [9.17, 15) is 35.9 Å². The smallest absolute Gasteiger partial charge is 0.383 e. The fourth-order valence-electron chi connectivity index (χ4n) is 4.84. The zero-order chi connectivity index (χ0) is 36.8. The Kier molecular flexibility index (Phi) is 10.6. The minimum atomic E-state index is -4.43. The predicted molar refractivity (Wildman–Crippen MR) is 178 cm³/mol. The van der Waals surface area contributed by atoms with Crippen molar-refractivity contribution in [2.45, 2.75) is 25.4 Å². The predicted octanol–water partition coefficient (Wildman–Crippen LogP) is 6.78. The van der Waals surface area contributed by atoms with Gasteiger partial charge in [-0.25, -0.2) is 19.9 Å². The molecule has 262 valence electrons. The number of halogens is 6. The van der Waals surface area contributed by atoms with E-state index < -0.39 is 35.3 Å². The van der Waals surface area contributed by atoms with E-state index in [2.05, 4.69) is 35.9 Å². The maximum atomic E-state index is 12.8. The molecule has 2 aromatic carbocycles. The number of carbonyl (C=O) groups is 2. The minimum absolute atomic E-state index is 0.00717. The Labute approximate surface area is 286 Å². The number of amides is 2. The highest BCUT2D eigenvalue weighted by molar-refractivity contribution is 6.02. The van der Waals surface area contributed by atoms with Crippen LogP contribution in [0, 0.1) is 0 Å². The summed E-state index contributed by atoms with van der Waals surface area (Å²) in [6, 6.07) is 19.7. The summed E-state index contributed by atoms with van der Waals surface area (Å²) in [5.74, 6) is -0.608. The molecule has 10 nitrogen and oxygen atoms in total. The van der Waals surface area contributed by atoms with Crippen LogP contribution in [0.1, 0.15) is 43.0 Å². The molecule has 0 atom stereocenters. The summed E-state index contributed by atoms with van der Waals surface area (Å²) in [4.78, 5) is 41.3. The maximum absolute atomic E-state index is 12.8. The first-order valence-electron chi connectivity index (χ1n) is 15.1. The van der Waals surface area contributed by atoms with E-state index in [0.29, 0.717) is 44.6 Å². The maximum Gasteiger partial charge on any atom is 0.416 e. The van der Waals surface area contributed by atoms with Crippen molar-refractivity contribution in [1.82, 2.24) is 30.6 Å². The van der Waals surface area contributed by atoms with Crippen molar-refractivity contribution in [3.05, 3.63) is 131 Å². The summed E-state index contributed by atoms with van der Waals surface area (Å²) in [6.45, 7) is -0.0930. The molecule has 4 heterocycles. The lowest BCUT2D eigenvalue weighted by atomic mass is 10.1. The summed E-state index contributed by atoms with van der Waals surface area (Å²) in [5.41, 5.74) is 6.29. The van der Waals surface area contributed by atoms with Crippen molar-refractivity contribution in [2.24, 2.45) is 0 Å². The molecule has 0 aliphatic heterocycles. The average molecular weight is 707 g/mol. The van der Waals surface area contributed by atoms with Crippen LogP contribution >= 0.6 is 0 Å². The van der Waals surface area contributed by atoms with E-state index in [1.807, 2.05) is 0 Å². The number of hydrogen-bond acceptors (Lipinski definition) is 8. The number of nitrogens with zero attached hydrogens (tertiary/aromatic N) is 4. The first-order valence-corrected chi connectivity index (χ1v) is 15.1. The highest BCUT2D eigenvalue weighted by atomic mass is 19.4. The third kappa shape index (κ3) is 9.03. The fraction of sp³-hybridized carbons (Fsp3) is 0.143. The number of aromatic nitrogens is 4. The molecule has 0 aliphatic rings. The highest BCUT2D eigenvalue weighted by Crippen LogP contribution is 2.30. The van der Waals surface area contributed by atoms with Crippen LogP contribution in [0.25, 0.3) is 22.1 Å². The first kappa shape index (κ1) is 36.0. The average Bonchev–Trinajstić information content (AvgIpc) is 3.11. The van der Waals surface area contributed by atoms with E-state index in [0.717, 1.165) is 24.3 Å². The highest BCUT2D eigenvalue weighted by Gasteiger charge is 2.31. The summed E-state index contributed by atoms with van der Waals surface area (Å²) >= 11 is 0. The molecule has 5 N–H and O–H groups in total. The van der Waals surface area contributed by atoms with Crippen LogP contribution in [0.15, 0.2) is 97.3 Å².